The topological polar surface area (TPSA) is 18.5 Å². The van der Waals surface area contributed by atoms with Gasteiger partial charge in [0.1, 0.15) is 0 Å². The van der Waals surface area contributed by atoms with Crippen LogP contribution in [-0.2, 0) is 22.5 Å². The first-order valence-electron chi connectivity index (χ1n) is 9.24. The van der Waals surface area contributed by atoms with Crippen LogP contribution in [0.2, 0.25) is 0 Å². The Hall–Kier alpha value is -1.35. The molecule has 3 atom stereocenters. The summed E-state index contributed by atoms with van der Waals surface area (Å²) in [5, 5.41) is 0.216. The Morgan fingerprint density at radius 2 is 1.44 bits per heavy atom. The second-order valence-electron chi connectivity index (χ2n) is 6.80. The molecule has 1 fully saturated rings. The molecule has 0 aliphatic carbocycles. The summed E-state index contributed by atoms with van der Waals surface area (Å²) in [5.41, 5.74) is 2.58. The molecule has 1 heterocycles. The highest BCUT2D eigenvalue weighted by Crippen LogP contribution is 2.28. The predicted molar refractivity (Wildman–Crippen MR) is 103 cm³/mol. The molecular formula is C22H27ClO2. The third-order valence-electron chi connectivity index (χ3n) is 4.72. The molecule has 1 saturated heterocycles. The van der Waals surface area contributed by atoms with Gasteiger partial charge in [-0.05, 0) is 43.2 Å². The molecular weight excluding hydrogens is 332 g/mol. The first-order valence-corrected chi connectivity index (χ1v) is 9.68. The molecule has 1 aliphatic heterocycles. The van der Waals surface area contributed by atoms with Crippen LogP contribution in [0.15, 0.2) is 60.7 Å². The monoisotopic (exact) mass is 358 g/mol. The molecule has 2 nitrogen and oxygen atoms in total. The van der Waals surface area contributed by atoms with Crippen LogP contribution in [-0.4, -0.2) is 24.2 Å². The molecule has 3 heteroatoms. The van der Waals surface area contributed by atoms with Gasteiger partial charge in [0.25, 0.3) is 0 Å². The number of rotatable bonds is 8. The maximum absolute atomic E-state index is 6.48. The molecule has 0 saturated carbocycles. The van der Waals surface area contributed by atoms with Gasteiger partial charge < -0.3 is 9.47 Å². The standard InChI is InChI=1S/C22H27ClO2/c23-20-15-21(12-11-18-7-3-1-4-8-18)25-22(16-20)13-14-24-17-19-9-5-2-6-10-19/h1-10,20-22H,11-17H2/t20-,21+,22-/m1/s1. The van der Waals surface area contributed by atoms with Crippen molar-refractivity contribution in [3.63, 3.8) is 0 Å². The minimum absolute atomic E-state index is 0.216. The molecule has 2 aromatic carbocycles. The highest BCUT2D eigenvalue weighted by atomic mass is 35.5. The third-order valence-corrected chi connectivity index (χ3v) is 5.07. The summed E-state index contributed by atoms with van der Waals surface area (Å²) in [4.78, 5) is 0. The second-order valence-corrected chi connectivity index (χ2v) is 7.42. The zero-order valence-electron chi connectivity index (χ0n) is 14.6. The van der Waals surface area contributed by atoms with Crippen molar-refractivity contribution < 1.29 is 9.47 Å². The largest absolute Gasteiger partial charge is 0.377 e. The molecule has 0 bridgehead atoms. The van der Waals surface area contributed by atoms with Gasteiger partial charge in [-0.2, -0.15) is 0 Å². The fourth-order valence-electron chi connectivity index (χ4n) is 3.37. The molecule has 1 aliphatic rings. The van der Waals surface area contributed by atoms with E-state index in [-0.39, 0.29) is 17.6 Å². The van der Waals surface area contributed by atoms with E-state index in [2.05, 4.69) is 42.5 Å². The van der Waals surface area contributed by atoms with Crippen LogP contribution in [0.3, 0.4) is 0 Å². The first-order chi connectivity index (χ1) is 12.3. The molecule has 2 aromatic rings. The summed E-state index contributed by atoms with van der Waals surface area (Å²) < 4.78 is 12.1. The van der Waals surface area contributed by atoms with E-state index in [9.17, 15) is 0 Å². The van der Waals surface area contributed by atoms with Crippen molar-refractivity contribution in [2.45, 2.75) is 56.3 Å². The zero-order chi connectivity index (χ0) is 17.3. The van der Waals surface area contributed by atoms with E-state index < -0.39 is 0 Å². The lowest BCUT2D eigenvalue weighted by atomic mass is 9.97. The fourth-order valence-corrected chi connectivity index (χ4v) is 3.77. The predicted octanol–water partition coefficient (Wildman–Crippen LogP) is 5.38. The van der Waals surface area contributed by atoms with Crippen molar-refractivity contribution in [1.29, 1.82) is 0 Å². The number of alkyl halides is 1. The van der Waals surface area contributed by atoms with E-state index >= 15 is 0 Å². The lowest BCUT2D eigenvalue weighted by Gasteiger charge is -2.33. The maximum atomic E-state index is 6.48. The molecule has 3 rings (SSSR count). The van der Waals surface area contributed by atoms with Gasteiger partial charge in [0.2, 0.25) is 0 Å². The Kier molecular flexibility index (Phi) is 7.35. The Bertz CT molecular complexity index is 602. The minimum atomic E-state index is 0.216. The van der Waals surface area contributed by atoms with Gasteiger partial charge in [-0.3, -0.25) is 0 Å². The van der Waals surface area contributed by atoms with Crippen LogP contribution in [0.25, 0.3) is 0 Å². The third kappa shape index (κ3) is 6.47. The fraction of sp³-hybridized carbons (Fsp3) is 0.455. The highest BCUT2D eigenvalue weighted by Gasteiger charge is 2.27. The Labute approximate surface area is 156 Å². The smallest absolute Gasteiger partial charge is 0.0716 e. The van der Waals surface area contributed by atoms with Crippen LogP contribution >= 0.6 is 11.6 Å². The summed E-state index contributed by atoms with van der Waals surface area (Å²) >= 11 is 6.48. The summed E-state index contributed by atoms with van der Waals surface area (Å²) in [5.74, 6) is 0. The summed E-state index contributed by atoms with van der Waals surface area (Å²) in [7, 11) is 0. The summed E-state index contributed by atoms with van der Waals surface area (Å²) in [6.45, 7) is 1.38. The van der Waals surface area contributed by atoms with Crippen LogP contribution < -0.4 is 0 Å². The van der Waals surface area contributed by atoms with Gasteiger partial charge in [0.05, 0.1) is 18.8 Å². The van der Waals surface area contributed by atoms with Crippen molar-refractivity contribution >= 4 is 11.6 Å². The van der Waals surface area contributed by atoms with Crippen molar-refractivity contribution in [2.24, 2.45) is 0 Å². The second kappa shape index (κ2) is 9.96. The Balaban J connectivity index is 1.38. The lowest BCUT2D eigenvalue weighted by molar-refractivity contribution is -0.0647. The molecule has 0 spiro atoms. The van der Waals surface area contributed by atoms with E-state index in [1.54, 1.807) is 0 Å². The van der Waals surface area contributed by atoms with E-state index in [0.717, 1.165) is 32.1 Å². The summed E-state index contributed by atoms with van der Waals surface area (Å²) in [6.07, 6.45) is 5.36. The van der Waals surface area contributed by atoms with Gasteiger partial charge in [0, 0.05) is 12.0 Å². The number of halogens is 1. The number of aryl methyl sites for hydroxylation is 1. The molecule has 0 amide bonds. The normalized spacial score (nSPS) is 23.5. The lowest BCUT2D eigenvalue weighted by Crippen LogP contribution is -2.34. The van der Waals surface area contributed by atoms with Crippen LogP contribution in [0.1, 0.15) is 36.8 Å². The van der Waals surface area contributed by atoms with E-state index in [1.165, 1.54) is 11.1 Å². The van der Waals surface area contributed by atoms with Crippen LogP contribution in [0.5, 0.6) is 0 Å². The molecule has 0 radical (unpaired) electrons. The van der Waals surface area contributed by atoms with Crippen LogP contribution in [0.4, 0.5) is 0 Å². The van der Waals surface area contributed by atoms with E-state index in [4.69, 9.17) is 21.1 Å². The molecule has 0 unspecified atom stereocenters. The Morgan fingerprint density at radius 1 is 0.840 bits per heavy atom. The van der Waals surface area contributed by atoms with Gasteiger partial charge >= 0.3 is 0 Å². The van der Waals surface area contributed by atoms with Crippen molar-refractivity contribution in [3.8, 4) is 0 Å². The van der Waals surface area contributed by atoms with Crippen molar-refractivity contribution in [3.05, 3.63) is 71.8 Å². The quantitative estimate of drug-likeness (QED) is 0.466. The SMILES string of the molecule is Cl[C@H]1C[C@@H](CCOCc2ccccc2)O[C@@H](CCc2ccccc2)C1. The zero-order valence-corrected chi connectivity index (χ0v) is 15.4. The van der Waals surface area contributed by atoms with Gasteiger partial charge in [-0.25, -0.2) is 0 Å². The minimum Gasteiger partial charge on any atom is -0.377 e. The van der Waals surface area contributed by atoms with Gasteiger partial charge in [-0.15, -0.1) is 11.6 Å². The maximum Gasteiger partial charge on any atom is 0.0716 e. The number of hydrogen-bond acceptors (Lipinski definition) is 2. The highest BCUT2D eigenvalue weighted by molar-refractivity contribution is 6.20. The molecule has 25 heavy (non-hydrogen) atoms. The number of ether oxygens (including phenoxy) is 2. The number of benzene rings is 2. The van der Waals surface area contributed by atoms with Gasteiger partial charge in [0.15, 0.2) is 0 Å². The van der Waals surface area contributed by atoms with Crippen molar-refractivity contribution in [2.75, 3.05) is 6.61 Å². The number of hydrogen-bond donors (Lipinski definition) is 0. The van der Waals surface area contributed by atoms with Crippen molar-refractivity contribution in [1.82, 2.24) is 0 Å². The molecule has 0 N–H and O–H groups in total. The average Bonchev–Trinajstić information content (AvgIpc) is 2.65. The van der Waals surface area contributed by atoms with E-state index in [1.807, 2.05) is 18.2 Å². The van der Waals surface area contributed by atoms with E-state index in [0.29, 0.717) is 13.2 Å². The summed E-state index contributed by atoms with van der Waals surface area (Å²) in [6, 6.07) is 20.9. The Morgan fingerprint density at radius 3 is 2.12 bits per heavy atom. The first kappa shape index (κ1) is 18.4. The molecule has 134 valence electrons. The average molecular weight is 359 g/mol. The van der Waals surface area contributed by atoms with Gasteiger partial charge in [-0.1, -0.05) is 60.7 Å². The van der Waals surface area contributed by atoms with Crippen LogP contribution in [0, 0.1) is 0 Å². The molecule has 0 aromatic heterocycles.